The van der Waals surface area contributed by atoms with Crippen LogP contribution in [0.5, 0.6) is 0 Å². The molecule has 0 saturated carbocycles. The number of nitrogens with one attached hydrogen (secondary N) is 1. The number of benzene rings is 2. The molecule has 1 aliphatic rings. The van der Waals surface area contributed by atoms with Gasteiger partial charge in [0.1, 0.15) is 5.82 Å². The van der Waals surface area contributed by atoms with Crippen molar-refractivity contribution in [3.63, 3.8) is 0 Å². The lowest BCUT2D eigenvalue weighted by Gasteiger charge is -2.14. The zero-order chi connectivity index (χ0) is 14.8. The monoisotopic (exact) mass is 303 g/mol. The molecular weight excluding hydrogens is 289 g/mol. The summed E-state index contributed by atoms with van der Waals surface area (Å²) in [5.74, 6) is -0.241. The van der Waals surface area contributed by atoms with E-state index in [4.69, 9.17) is 11.6 Å². The lowest BCUT2D eigenvalue weighted by atomic mass is 9.99. The Bertz CT molecular complexity index is 686. The number of fused-ring (bicyclic) bond motifs is 1. The van der Waals surface area contributed by atoms with Crippen LogP contribution in [0.1, 0.15) is 34.9 Å². The third-order valence-electron chi connectivity index (χ3n) is 3.69. The summed E-state index contributed by atoms with van der Waals surface area (Å²) in [6.07, 6.45) is 2.21. The van der Waals surface area contributed by atoms with Crippen molar-refractivity contribution in [3.8, 4) is 0 Å². The van der Waals surface area contributed by atoms with E-state index in [1.54, 1.807) is 6.07 Å². The molecule has 2 aromatic rings. The number of aryl methyl sites for hydroxylation is 1. The van der Waals surface area contributed by atoms with Crippen LogP contribution in [-0.4, -0.2) is 5.91 Å². The zero-order valence-corrected chi connectivity index (χ0v) is 12.2. The summed E-state index contributed by atoms with van der Waals surface area (Å²) in [6, 6.07) is 12.1. The molecule has 2 nitrogen and oxygen atoms in total. The summed E-state index contributed by atoms with van der Waals surface area (Å²) >= 11 is 6.46. The summed E-state index contributed by atoms with van der Waals surface area (Å²) in [6.45, 7) is 0. The fourth-order valence-corrected chi connectivity index (χ4v) is 2.88. The maximum absolute atomic E-state index is 13.3. The molecule has 2 aromatic carbocycles. The van der Waals surface area contributed by atoms with Gasteiger partial charge in [-0.3, -0.25) is 4.79 Å². The second kappa shape index (κ2) is 5.86. The fraction of sp³-hybridized carbons (Fsp3) is 0.235. The van der Waals surface area contributed by atoms with E-state index in [0.29, 0.717) is 6.42 Å². The Morgan fingerprint density at radius 3 is 2.71 bits per heavy atom. The van der Waals surface area contributed by atoms with Crippen LogP contribution in [0, 0.1) is 5.82 Å². The highest BCUT2D eigenvalue weighted by molar-refractivity contribution is 6.22. The van der Waals surface area contributed by atoms with Crippen LogP contribution in [-0.2, 0) is 11.2 Å². The lowest BCUT2D eigenvalue weighted by molar-refractivity contribution is -0.116. The van der Waals surface area contributed by atoms with Crippen molar-refractivity contribution < 1.29 is 9.18 Å². The molecule has 0 aliphatic carbocycles. The molecule has 1 heterocycles. The largest absolute Gasteiger partial charge is 0.326 e. The Morgan fingerprint density at radius 1 is 1.10 bits per heavy atom. The average molecular weight is 304 g/mol. The summed E-state index contributed by atoms with van der Waals surface area (Å²) in [4.78, 5) is 11.5. The molecule has 4 heteroatoms. The molecule has 0 radical (unpaired) electrons. The van der Waals surface area contributed by atoms with Gasteiger partial charge in [-0.2, -0.15) is 0 Å². The van der Waals surface area contributed by atoms with Crippen LogP contribution >= 0.6 is 11.6 Å². The Morgan fingerprint density at radius 2 is 1.90 bits per heavy atom. The van der Waals surface area contributed by atoms with Gasteiger partial charge in [-0.05, 0) is 47.7 Å². The molecule has 1 aliphatic heterocycles. The summed E-state index contributed by atoms with van der Waals surface area (Å²) < 4.78 is 13.3. The first-order valence-electron chi connectivity index (χ1n) is 6.96. The van der Waals surface area contributed by atoms with Crippen LogP contribution in [0.3, 0.4) is 0 Å². The Hall–Kier alpha value is -1.87. The fourth-order valence-electron chi connectivity index (χ4n) is 2.61. The number of anilines is 1. The first-order chi connectivity index (χ1) is 10.1. The van der Waals surface area contributed by atoms with Gasteiger partial charge in [0.25, 0.3) is 0 Å². The molecule has 3 rings (SSSR count). The van der Waals surface area contributed by atoms with Gasteiger partial charge in [-0.15, -0.1) is 11.6 Å². The second-order valence-corrected chi connectivity index (χ2v) is 5.67. The number of alkyl halides is 1. The SMILES string of the molecule is O=C1CCCc2cc(C(Cl)c3cccc(F)c3)ccc2N1. The average Bonchev–Trinajstić information content (AvgIpc) is 2.66. The molecule has 0 saturated heterocycles. The first kappa shape index (κ1) is 14.1. The Balaban J connectivity index is 1.93. The van der Waals surface area contributed by atoms with Gasteiger partial charge < -0.3 is 5.32 Å². The van der Waals surface area contributed by atoms with Crippen molar-refractivity contribution >= 4 is 23.2 Å². The number of amides is 1. The van der Waals surface area contributed by atoms with Gasteiger partial charge in [0, 0.05) is 12.1 Å². The predicted molar refractivity (Wildman–Crippen MR) is 82.1 cm³/mol. The van der Waals surface area contributed by atoms with E-state index >= 15 is 0 Å². The maximum atomic E-state index is 13.3. The summed E-state index contributed by atoms with van der Waals surface area (Å²) in [7, 11) is 0. The first-order valence-corrected chi connectivity index (χ1v) is 7.39. The van der Waals surface area contributed by atoms with Gasteiger partial charge in [0.15, 0.2) is 0 Å². The minimum Gasteiger partial charge on any atom is -0.326 e. The van der Waals surface area contributed by atoms with E-state index in [1.165, 1.54) is 12.1 Å². The van der Waals surface area contributed by atoms with Crippen molar-refractivity contribution in [1.82, 2.24) is 0 Å². The molecule has 1 amide bonds. The molecule has 21 heavy (non-hydrogen) atoms. The summed E-state index contributed by atoms with van der Waals surface area (Å²) in [5, 5.41) is 2.50. The van der Waals surface area contributed by atoms with Gasteiger partial charge in [-0.25, -0.2) is 4.39 Å². The standard InChI is InChI=1S/C17H15ClFNO/c18-17(12-4-1-5-14(19)10-12)13-7-8-15-11(9-13)3-2-6-16(21)20-15/h1,4-5,7-10,17H,2-3,6H2,(H,20,21). The molecule has 0 bridgehead atoms. The van der Waals surface area contributed by atoms with Crippen molar-refractivity contribution in [3.05, 3.63) is 65.0 Å². The van der Waals surface area contributed by atoms with Crippen LogP contribution < -0.4 is 5.32 Å². The molecule has 1 N–H and O–H groups in total. The highest BCUT2D eigenvalue weighted by atomic mass is 35.5. The normalized spacial score (nSPS) is 15.8. The molecular formula is C17H15ClFNO. The minimum atomic E-state index is -0.398. The molecule has 0 fully saturated rings. The van der Waals surface area contributed by atoms with E-state index < -0.39 is 5.38 Å². The third-order valence-corrected chi connectivity index (χ3v) is 4.19. The van der Waals surface area contributed by atoms with E-state index in [1.807, 2.05) is 24.3 Å². The number of hydrogen-bond donors (Lipinski definition) is 1. The van der Waals surface area contributed by atoms with Gasteiger partial charge in [0.2, 0.25) is 5.91 Å². The van der Waals surface area contributed by atoms with Crippen molar-refractivity contribution in [2.45, 2.75) is 24.6 Å². The summed E-state index contributed by atoms with van der Waals surface area (Å²) in [5.41, 5.74) is 3.58. The third kappa shape index (κ3) is 3.08. The maximum Gasteiger partial charge on any atom is 0.224 e. The van der Waals surface area contributed by atoms with Crippen molar-refractivity contribution in [2.75, 3.05) is 5.32 Å². The van der Waals surface area contributed by atoms with E-state index in [2.05, 4.69) is 5.32 Å². The molecule has 0 aromatic heterocycles. The number of halogens is 2. The zero-order valence-electron chi connectivity index (χ0n) is 11.4. The van der Waals surface area contributed by atoms with Crippen LogP contribution in [0.4, 0.5) is 10.1 Å². The number of carbonyl (C=O) groups excluding carboxylic acids is 1. The number of carbonyl (C=O) groups is 1. The predicted octanol–water partition coefficient (Wildman–Crippen LogP) is 4.43. The molecule has 1 atom stereocenters. The smallest absolute Gasteiger partial charge is 0.224 e. The van der Waals surface area contributed by atoms with Crippen molar-refractivity contribution in [2.24, 2.45) is 0 Å². The highest BCUT2D eigenvalue weighted by Gasteiger charge is 2.16. The van der Waals surface area contributed by atoms with Crippen LogP contribution in [0.25, 0.3) is 0 Å². The molecule has 0 spiro atoms. The lowest BCUT2D eigenvalue weighted by Crippen LogP contribution is -2.09. The van der Waals surface area contributed by atoms with Gasteiger partial charge in [-0.1, -0.05) is 24.3 Å². The molecule has 1 unspecified atom stereocenters. The second-order valence-electron chi connectivity index (χ2n) is 5.24. The topological polar surface area (TPSA) is 29.1 Å². The van der Waals surface area contributed by atoms with Gasteiger partial charge >= 0.3 is 0 Å². The Kier molecular flexibility index (Phi) is 3.93. The van der Waals surface area contributed by atoms with E-state index in [9.17, 15) is 9.18 Å². The minimum absolute atomic E-state index is 0.0500. The number of rotatable bonds is 2. The number of hydrogen-bond acceptors (Lipinski definition) is 1. The van der Waals surface area contributed by atoms with Gasteiger partial charge in [0.05, 0.1) is 5.38 Å². The van der Waals surface area contributed by atoms with E-state index in [-0.39, 0.29) is 11.7 Å². The molecule has 108 valence electrons. The van der Waals surface area contributed by atoms with Crippen molar-refractivity contribution in [1.29, 1.82) is 0 Å². The quantitative estimate of drug-likeness (QED) is 0.817. The van der Waals surface area contributed by atoms with E-state index in [0.717, 1.165) is 35.2 Å². The highest BCUT2D eigenvalue weighted by Crippen LogP contribution is 2.32. The Labute approximate surface area is 127 Å². The van der Waals surface area contributed by atoms with Crippen LogP contribution in [0.15, 0.2) is 42.5 Å². The van der Waals surface area contributed by atoms with Crippen LogP contribution in [0.2, 0.25) is 0 Å².